The van der Waals surface area contributed by atoms with Crippen molar-refractivity contribution in [2.24, 2.45) is 17.3 Å². The lowest BCUT2D eigenvalue weighted by Gasteiger charge is -2.46. The zero-order valence-electron chi connectivity index (χ0n) is 15.8. The molecular weight excluding hydrogens is 338 g/mol. The third-order valence-electron chi connectivity index (χ3n) is 6.24. The summed E-state index contributed by atoms with van der Waals surface area (Å²) in [5.74, 6) is -0.712. The Morgan fingerprint density at radius 3 is 2.72 bits per heavy atom. The van der Waals surface area contributed by atoms with E-state index in [2.05, 4.69) is 20.4 Å². The van der Waals surface area contributed by atoms with Crippen LogP contribution in [-0.4, -0.2) is 41.6 Å². The molecule has 144 valence electrons. The molecule has 4 atom stereocenters. The van der Waals surface area contributed by atoms with Crippen LogP contribution in [0.5, 0.6) is 0 Å². The lowest BCUT2D eigenvalue weighted by Crippen LogP contribution is -2.54. The quantitative estimate of drug-likeness (QED) is 0.754. The zero-order valence-corrected chi connectivity index (χ0v) is 16.6. The number of aliphatic hydroxyl groups is 1. The van der Waals surface area contributed by atoms with Crippen molar-refractivity contribution in [1.82, 2.24) is 4.31 Å². The lowest BCUT2D eigenvalue weighted by molar-refractivity contribution is -0.136. The number of amides is 1. The van der Waals surface area contributed by atoms with Crippen LogP contribution in [0.3, 0.4) is 0 Å². The molecule has 2 aliphatic rings. The van der Waals surface area contributed by atoms with E-state index in [1.54, 1.807) is 13.0 Å². The average Bonchev–Trinajstić information content (AvgIpc) is 2.57. The number of rotatable bonds is 5. The largest absolute Gasteiger partial charge is 0.392 e. The summed E-state index contributed by atoms with van der Waals surface area (Å²) in [7, 11) is -3.65. The van der Waals surface area contributed by atoms with Crippen LogP contribution < -0.4 is 0 Å². The predicted molar refractivity (Wildman–Crippen MR) is 99.4 cm³/mol. The Bertz CT molecular complexity index is 599. The molecule has 0 radical (unpaired) electrons. The van der Waals surface area contributed by atoms with E-state index in [0.29, 0.717) is 25.2 Å². The van der Waals surface area contributed by atoms with Crippen molar-refractivity contribution in [2.75, 3.05) is 5.75 Å². The number of aliphatic hydroxyl groups excluding tert-OH is 1. The molecule has 1 heterocycles. The fraction of sp³-hybridized carbons (Fsp3) is 0.842. The molecule has 0 spiro atoms. The van der Waals surface area contributed by atoms with Gasteiger partial charge in [0.05, 0.1) is 17.8 Å². The second-order valence-corrected chi connectivity index (χ2v) is 10.4. The monoisotopic (exact) mass is 371 g/mol. The minimum atomic E-state index is -3.65. The Labute approximate surface area is 152 Å². The van der Waals surface area contributed by atoms with Crippen molar-refractivity contribution in [3.63, 3.8) is 0 Å². The molecule has 0 aromatic rings. The third-order valence-corrected chi connectivity index (χ3v) is 8.04. The molecule has 2 rings (SSSR count). The van der Waals surface area contributed by atoms with Gasteiger partial charge in [-0.05, 0) is 49.9 Å². The summed E-state index contributed by atoms with van der Waals surface area (Å²) < 4.78 is 27.0. The summed E-state index contributed by atoms with van der Waals surface area (Å²) in [5.41, 5.74) is -0.0179. The maximum atomic E-state index is 13.0. The van der Waals surface area contributed by atoms with Crippen molar-refractivity contribution in [3.8, 4) is 0 Å². The third kappa shape index (κ3) is 4.45. The van der Waals surface area contributed by atoms with Crippen molar-refractivity contribution < 1.29 is 18.3 Å². The number of allylic oxidation sites excluding steroid dienone is 1. The fourth-order valence-corrected chi connectivity index (χ4v) is 6.30. The van der Waals surface area contributed by atoms with Gasteiger partial charge in [0.25, 0.3) is 0 Å². The topological polar surface area (TPSA) is 74.7 Å². The molecule has 0 aromatic heterocycles. The van der Waals surface area contributed by atoms with Crippen LogP contribution in [0.1, 0.15) is 65.7 Å². The molecule has 6 heteroatoms. The van der Waals surface area contributed by atoms with E-state index >= 15 is 0 Å². The molecule has 0 aromatic carbocycles. The van der Waals surface area contributed by atoms with Gasteiger partial charge in [-0.1, -0.05) is 33.3 Å². The van der Waals surface area contributed by atoms with Crippen LogP contribution in [0.2, 0.25) is 0 Å². The second-order valence-electron chi connectivity index (χ2n) is 8.43. The van der Waals surface area contributed by atoms with E-state index in [1.165, 1.54) is 0 Å². The number of hydrogen-bond acceptors (Lipinski definition) is 4. The first-order chi connectivity index (χ1) is 11.6. The van der Waals surface area contributed by atoms with Crippen molar-refractivity contribution >= 4 is 15.9 Å². The van der Waals surface area contributed by atoms with E-state index in [9.17, 15) is 18.3 Å². The SMILES string of the molecule is C=CCCC(O)C(C)C(=O)N1C2CCCC(C2)C(C)(C)CCS1(=O)=O. The van der Waals surface area contributed by atoms with Gasteiger partial charge in [0.1, 0.15) is 0 Å². The summed E-state index contributed by atoms with van der Waals surface area (Å²) >= 11 is 0. The van der Waals surface area contributed by atoms with E-state index < -0.39 is 28.0 Å². The van der Waals surface area contributed by atoms with Crippen LogP contribution in [0.4, 0.5) is 0 Å². The molecule has 1 amide bonds. The molecule has 1 saturated carbocycles. The van der Waals surface area contributed by atoms with Crippen molar-refractivity contribution in [3.05, 3.63) is 12.7 Å². The number of carbonyl (C=O) groups is 1. The number of nitrogens with zero attached hydrogens (tertiary/aromatic N) is 1. The van der Waals surface area contributed by atoms with Crippen LogP contribution >= 0.6 is 0 Å². The highest BCUT2D eigenvalue weighted by atomic mass is 32.2. The Hall–Kier alpha value is -0.880. The fourth-order valence-electron chi connectivity index (χ4n) is 4.23. The van der Waals surface area contributed by atoms with Gasteiger partial charge in [-0.3, -0.25) is 4.79 Å². The lowest BCUT2D eigenvalue weighted by atomic mass is 9.68. The highest BCUT2D eigenvalue weighted by molar-refractivity contribution is 7.89. The van der Waals surface area contributed by atoms with Crippen LogP contribution in [0.25, 0.3) is 0 Å². The number of carbonyl (C=O) groups excluding carboxylic acids is 1. The summed E-state index contributed by atoms with van der Waals surface area (Å²) in [6.45, 7) is 9.55. The molecule has 2 bridgehead atoms. The average molecular weight is 372 g/mol. The highest BCUT2D eigenvalue weighted by Crippen LogP contribution is 2.44. The molecule has 1 saturated heterocycles. The first-order valence-corrected chi connectivity index (χ1v) is 11.1. The molecular formula is C19H33NO4S. The molecule has 4 unspecified atom stereocenters. The molecule has 2 fully saturated rings. The van der Waals surface area contributed by atoms with Crippen LogP contribution in [0, 0.1) is 17.3 Å². The highest BCUT2D eigenvalue weighted by Gasteiger charge is 2.45. The zero-order chi connectivity index (χ0) is 18.8. The van der Waals surface area contributed by atoms with Gasteiger partial charge in [0.15, 0.2) is 0 Å². The number of sulfonamides is 1. The summed E-state index contributed by atoms with van der Waals surface area (Å²) in [5, 5.41) is 10.3. The summed E-state index contributed by atoms with van der Waals surface area (Å²) in [6, 6.07) is -0.259. The van der Waals surface area contributed by atoms with Gasteiger partial charge in [0.2, 0.25) is 15.9 Å². The standard InChI is InChI=1S/C19H33NO4S/c1-5-6-10-17(21)14(2)18(22)20-16-9-7-8-15(13-16)19(3,4)11-12-25(20,23)24/h5,14-17,21H,1,6-13H2,2-4H3. The Kier molecular flexibility index (Phi) is 6.36. The summed E-state index contributed by atoms with van der Waals surface area (Å²) in [6.07, 6.45) is 5.97. The Balaban J connectivity index is 2.27. The van der Waals surface area contributed by atoms with Gasteiger partial charge in [-0.25, -0.2) is 12.7 Å². The molecule has 5 nitrogen and oxygen atoms in total. The molecule has 1 N–H and O–H groups in total. The van der Waals surface area contributed by atoms with E-state index in [-0.39, 0.29) is 17.2 Å². The second kappa shape index (κ2) is 7.78. The van der Waals surface area contributed by atoms with Crippen molar-refractivity contribution in [2.45, 2.75) is 77.9 Å². The normalized spacial score (nSPS) is 30.6. The number of hydrogen-bond donors (Lipinski definition) is 1. The predicted octanol–water partition coefficient (Wildman–Crippen LogP) is 3.10. The van der Waals surface area contributed by atoms with Crippen molar-refractivity contribution in [1.29, 1.82) is 0 Å². The maximum absolute atomic E-state index is 13.0. The van der Waals surface area contributed by atoms with Gasteiger partial charge in [-0.15, -0.1) is 6.58 Å². The number of fused-ring (bicyclic) bond motifs is 2. The van der Waals surface area contributed by atoms with Gasteiger partial charge in [0, 0.05) is 6.04 Å². The minimum Gasteiger partial charge on any atom is -0.392 e. The smallest absolute Gasteiger partial charge is 0.241 e. The van der Waals surface area contributed by atoms with Crippen LogP contribution in [0.15, 0.2) is 12.7 Å². The van der Waals surface area contributed by atoms with E-state index in [4.69, 9.17) is 0 Å². The first kappa shape index (κ1) is 20.4. The Morgan fingerprint density at radius 1 is 1.40 bits per heavy atom. The summed E-state index contributed by atoms with van der Waals surface area (Å²) in [4.78, 5) is 13.0. The first-order valence-electron chi connectivity index (χ1n) is 9.45. The van der Waals surface area contributed by atoms with E-state index in [0.717, 1.165) is 30.0 Å². The minimum absolute atomic E-state index is 0.00815. The van der Waals surface area contributed by atoms with Gasteiger partial charge in [-0.2, -0.15) is 0 Å². The van der Waals surface area contributed by atoms with Gasteiger partial charge >= 0.3 is 0 Å². The molecule has 1 aliphatic heterocycles. The maximum Gasteiger partial charge on any atom is 0.241 e. The molecule has 25 heavy (non-hydrogen) atoms. The van der Waals surface area contributed by atoms with Crippen LogP contribution in [-0.2, 0) is 14.8 Å². The molecule has 1 aliphatic carbocycles. The van der Waals surface area contributed by atoms with Gasteiger partial charge < -0.3 is 5.11 Å². The Morgan fingerprint density at radius 2 is 2.08 bits per heavy atom. The van der Waals surface area contributed by atoms with E-state index in [1.807, 2.05) is 0 Å².